The third-order valence-corrected chi connectivity index (χ3v) is 12.9. The molecule has 2 N–H and O–H groups in total. The molecule has 7 rings (SSSR count). The molecular weight excluding hydrogens is 855 g/mol. The number of nitrogens with one attached hydrogen (secondary N) is 1. The average Bonchev–Trinajstić information content (AvgIpc) is 3.84. The summed E-state index contributed by atoms with van der Waals surface area (Å²) in [6.45, 7) is 14.0. The van der Waals surface area contributed by atoms with Crippen molar-refractivity contribution in [2.75, 3.05) is 25.2 Å². The van der Waals surface area contributed by atoms with E-state index in [1.807, 2.05) is 47.7 Å². The highest BCUT2D eigenvalue weighted by atomic mass is 16.6. The van der Waals surface area contributed by atoms with Crippen LogP contribution in [0.15, 0.2) is 77.1 Å². The van der Waals surface area contributed by atoms with Crippen LogP contribution in [0.25, 0.3) is 0 Å². The number of benzene rings is 3. The standard InChI is InChI=1S/C52H63N5O10/c1-9-38(30(2)3)48(59)54-34(7)44(58)22-35-13-15-36(16-14-35)29-67-52(63)57-42-25-45(33(6)21-40(42)50(61)56-28-32(5)20-43(56)51(57)62)65-17-11-10-12-18-66-47-24-41-39(23-46(47)64-8)49(60)55-27-31(4)19-37(55)26-53-41/h13-16,21,23-28,30,34,37-38,43,51,62H,9-12,17-20,22,29H2,1-8H3,(H,54,59)/t34-,37-,38-,43-,51-/m0/s1. The van der Waals surface area contributed by atoms with Gasteiger partial charge in [0, 0.05) is 43.1 Å². The highest BCUT2D eigenvalue weighted by Crippen LogP contribution is 2.41. The number of aliphatic imine (C=N–C) groups is 1. The molecule has 0 aromatic heterocycles. The van der Waals surface area contributed by atoms with Crippen molar-refractivity contribution in [2.24, 2.45) is 16.8 Å². The van der Waals surface area contributed by atoms with Crippen molar-refractivity contribution >= 4 is 47.2 Å². The van der Waals surface area contributed by atoms with E-state index in [0.717, 1.165) is 34.5 Å². The van der Waals surface area contributed by atoms with Crippen molar-refractivity contribution in [3.8, 4) is 17.2 Å². The van der Waals surface area contributed by atoms with Crippen LogP contribution >= 0.6 is 0 Å². The first-order valence-electron chi connectivity index (χ1n) is 23.3. The van der Waals surface area contributed by atoms with E-state index >= 15 is 0 Å². The average molecular weight is 918 g/mol. The Morgan fingerprint density at radius 1 is 0.821 bits per heavy atom. The molecule has 15 nitrogen and oxygen atoms in total. The molecule has 15 heteroatoms. The van der Waals surface area contributed by atoms with Gasteiger partial charge in [-0.05, 0) is 101 Å². The Kier molecular flexibility index (Phi) is 15.2. The van der Waals surface area contributed by atoms with Crippen molar-refractivity contribution in [1.82, 2.24) is 15.1 Å². The van der Waals surface area contributed by atoms with Gasteiger partial charge in [0.1, 0.15) is 12.4 Å². The minimum atomic E-state index is -1.42. The highest BCUT2D eigenvalue weighted by Gasteiger charge is 2.45. The number of carbonyl (C=O) groups is 5. The maximum absolute atomic E-state index is 14.0. The first-order valence-corrected chi connectivity index (χ1v) is 23.3. The Labute approximate surface area is 392 Å². The second kappa shape index (κ2) is 21.0. The largest absolute Gasteiger partial charge is 0.493 e. The second-order valence-electron chi connectivity index (χ2n) is 18.4. The molecule has 0 radical (unpaired) electrons. The number of rotatable bonds is 18. The number of aryl methyl sites for hydroxylation is 1. The van der Waals surface area contributed by atoms with Crippen LogP contribution < -0.4 is 24.4 Å². The van der Waals surface area contributed by atoms with Gasteiger partial charge in [-0.2, -0.15) is 0 Å². The molecule has 356 valence electrons. The van der Waals surface area contributed by atoms with Gasteiger partial charge < -0.3 is 39.2 Å². The summed E-state index contributed by atoms with van der Waals surface area (Å²) in [6, 6.07) is 12.4. The number of carbonyl (C=O) groups excluding carboxylic acids is 5. The maximum Gasteiger partial charge on any atom is 0.416 e. The van der Waals surface area contributed by atoms with Crippen molar-refractivity contribution in [3.63, 3.8) is 0 Å². The zero-order valence-electron chi connectivity index (χ0n) is 39.8. The summed E-state index contributed by atoms with van der Waals surface area (Å²) in [4.78, 5) is 76.1. The minimum absolute atomic E-state index is 0.106. The monoisotopic (exact) mass is 917 g/mol. The molecule has 0 bridgehead atoms. The fraction of sp³-hybridized carbons (Fsp3) is 0.462. The summed E-state index contributed by atoms with van der Waals surface area (Å²) < 4.78 is 23.8. The molecule has 3 aromatic rings. The van der Waals surface area contributed by atoms with Crippen molar-refractivity contribution in [3.05, 3.63) is 99.9 Å². The Hall–Kier alpha value is -6.48. The maximum atomic E-state index is 14.0. The van der Waals surface area contributed by atoms with E-state index in [9.17, 15) is 29.1 Å². The van der Waals surface area contributed by atoms with Crippen LogP contribution in [0.1, 0.15) is 117 Å². The lowest BCUT2D eigenvalue weighted by molar-refractivity contribution is -0.130. The molecule has 4 amide bonds. The molecule has 67 heavy (non-hydrogen) atoms. The van der Waals surface area contributed by atoms with Gasteiger partial charge in [-0.1, -0.05) is 56.2 Å². The van der Waals surface area contributed by atoms with Gasteiger partial charge in [-0.15, -0.1) is 0 Å². The molecule has 4 heterocycles. The van der Waals surface area contributed by atoms with Crippen LogP contribution in [0, 0.1) is 18.8 Å². The Balaban J connectivity index is 0.957. The molecule has 0 aliphatic carbocycles. The van der Waals surface area contributed by atoms with E-state index in [0.29, 0.717) is 78.5 Å². The van der Waals surface area contributed by atoms with Gasteiger partial charge in [0.2, 0.25) is 5.91 Å². The number of Topliss-reactive ketones (excluding diaryl/α,β-unsaturated/α-hetero) is 1. The van der Waals surface area contributed by atoms with Crippen LogP contribution in [0.3, 0.4) is 0 Å². The van der Waals surface area contributed by atoms with E-state index in [1.165, 1.54) is 4.90 Å². The number of fused-ring (bicyclic) bond motifs is 4. The molecule has 5 atom stereocenters. The number of hydrogen-bond donors (Lipinski definition) is 2. The zero-order chi connectivity index (χ0) is 48.1. The quantitative estimate of drug-likeness (QED) is 0.118. The second-order valence-corrected chi connectivity index (χ2v) is 18.4. The zero-order valence-corrected chi connectivity index (χ0v) is 39.8. The van der Waals surface area contributed by atoms with Crippen LogP contribution in [-0.2, 0) is 27.4 Å². The molecule has 0 unspecified atom stereocenters. The number of methoxy groups -OCH3 is 1. The fourth-order valence-electron chi connectivity index (χ4n) is 9.12. The SMILES string of the molecule is CC[C@H](C(=O)N[C@@H](C)C(=O)Cc1ccc(COC(=O)N2c3cc(OCCCCCOc4cc5c(cc4OC)C(=O)N4C=C(C)C[C@H]4C=N5)c(C)cc3C(=O)N3C=C(C)C[C@H]3[C@@H]2O)cc1)C(C)C. The summed E-state index contributed by atoms with van der Waals surface area (Å²) in [5.41, 5.74) is 5.52. The number of amides is 4. The van der Waals surface area contributed by atoms with E-state index in [2.05, 4.69) is 10.3 Å². The molecule has 0 saturated carbocycles. The van der Waals surface area contributed by atoms with E-state index < -0.39 is 24.4 Å². The highest BCUT2D eigenvalue weighted by molar-refractivity contribution is 6.06. The molecule has 0 spiro atoms. The lowest BCUT2D eigenvalue weighted by Gasteiger charge is -2.31. The smallest absolute Gasteiger partial charge is 0.416 e. The topological polar surface area (TPSA) is 177 Å². The number of ketones is 1. The summed E-state index contributed by atoms with van der Waals surface area (Å²) in [5, 5.41) is 14.7. The first kappa shape index (κ1) is 48.5. The summed E-state index contributed by atoms with van der Waals surface area (Å²) in [6.07, 6.45) is 7.23. The molecule has 0 saturated heterocycles. The van der Waals surface area contributed by atoms with Crippen LogP contribution in [-0.4, -0.2) is 95.4 Å². The van der Waals surface area contributed by atoms with Crippen LogP contribution in [0.5, 0.6) is 17.2 Å². The number of anilines is 1. The number of unbranched alkanes of at least 4 members (excludes halogenated alkanes) is 2. The number of nitrogens with zero attached hydrogens (tertiary/aromatic N) is 4. The molecule has 4 aliphatic rings. The number of aliphatic hydroxyl groups is 1. The van der Waals surface area contributed by atoms with E-state index in [1.54, 1.807) is 79.9 Å². The summed E-state index contributed by atoms with van der Waals surface area (Å²) >= 11 is 0. The van der Waals surface area contributed by atoms with Crippen molar-refractivity contribution in [2.45, 2.75) is 124 Å². The van der Waals surface area contributed by atoms with Gasteiger partial charge >= 0.3 is 6.09 Å². The van der Waals surface area contributed by atoms with E-state index in [-0.39, 0.29) is 65.7 Å². The van der Waals surface area contributed by atoms with Crippen molar-refractivity contribution < 1.29 is 48.0 Å². The molecule has 0 fully saturated rings. The Morgan fingerprint density at radius 3 is 2.16 bits per heavy atom. The third-order valence-electron chi connectivity index (χ3n) is 12.9. The predicted octanol–water partition coefficient (Wildman–Crippen LogP) is 8.36. The summed E-state index contributed by atoms with van der Waals surface area (Å²) in [5.74, 6) is 0.714. The van der Waals surface area contributed by atoms with Crippen molar-refractivity contribution in [1.29, 1.82) is 0 Å². The first-order chi connectivity index (χ1) is 32.1. The molecule has 4 aliphatic heterocycles. The number of hydrogen-bond acceptors (Lipinski definition) is 11. The minimum Gasteiger partial charge on any atom is -0.493 e. The lowest BCUT2D eigenvalue weighted by Crippen LogP contribution is -2.50. The van der Waals surface area contributed by atoms with Crippen LogP contribution in [0.2, 0.25) is 0 Å². The normalized spacial score (nSPS) is 19.3. The van der Waals surface area contributed by atoms with Gasteiger partial charge in [0.05, 0.1) is 61.0 Å². The predicted molar refractivity (Wildman–Crippen MR) is 254 cm³/mol. The van der Waals surface area contributed by atoms with Crippen LogP contribution in [0.4, 0.5) is 16.2 Å². The lowest BCUT2D eigenvalue weighted by atomic mass is 9.92. The Bertz CT molecular complexity index is 2480. The third kappa shape index (κ3) is 10.7. The Morgan fingerprint density at radius 2 is 1.48 bits per heavy atom. The van der Waals surface area contributed by atoms with Gasteiger partial charge in [0.25, 0.3) is 11.8 Å². The fourth-order valence-corrected chi connectivity index (χ4v) is 9.12. The van der Waals surface area contributed by atoms with E-state index in [4.69, 9.17) is 18.9 Å². The number of ether oxygens (including phenoxy) is 4. The van der Waals surface area contributed by atoms with Gasteiger partial charge in [-0.25, -0.2) is 9.69 Å². The number of aliphatic hydroxyl groups excluding tert-OH is 1. The summed E-state index contributed by atoms with van der Waals surface area (Å²) in [7, 11) is 1.54. The van der Waals surface area contributed by atoms with Gasteiger partial charge in [-0.3, -0.25) is 24.2 Å². The van der Waals surface area contributed by atoms with Gasteiger partial charge in [0.15, 0.2) is 23.5 Å². The molecule has 3 aromatic carbocycles. The molecular formula is C52H63N5O10.